The highest BCUT2D eigenvalue weighted by molar-refractivity contribution is 5.16. The molecule has 2 rings (SSSR count). The minimum Gasteiger partial charge on any atom is -0.326 e. The predicted molar refractivity (Wildman–Crippen MR) is 46.0 cm³/mol. The molecule has 0 aliphatic heterocycles. The van der Waals surface area contributed by atoms with Gasteiger partial charge in [0.2, 0.25) is 0 Å². The molecule has 2 bridgehead atoms. The summed E-state index contributed by atoms with van der Waals surface area (Å²) in [7, 11) is 0. The lowest BCUT2D eigenvalue weighted by Gasteiger charge is -2.39. The molecule has 0 aromatic heterocycles. The van der Waals surface area contributed by atoms with E-state index in [1.54, 1.807) is 0 Å². The summed E-state index contributed by atoms with van der Waals surface area (Å²) in [5.74, 6) is 0.780. The lowest BCUT2D eigenvalue weighted by atomic mass is 9.71. The van der Waals surface area contributed by atoms with E-state index in [1.807, 2.05) is 0 Å². The van der Waals surface area contributed by atoms with E-state index in [4.69, 9.17) is 11.5 Å². The fraction of sp³-hybridized carbons (Fsp3) is 1.00. The summed E-state index contributed by atoms with van der Waals surface area (Å²) < 4.78 is 0. The highest BCUT2D eigenvalue weighted by Crippen LogP contribution is 2.55. The average molecular weight is 154 g/mol. The van der Waals surface area contributed by atoms with Crippen LogP contribution in [0.2, 0.25) is 0 Å². The molecule has 0 aromatic rings. The summed E-state index contributed by atoms with van der Waals surface area (Å²) >= 11 is 0. The molecule has 2 aliphatic rings. The Balaban J connectivity index is 2.34. The van der Waals surface area contributed by atoms with Crippen LogP contribution in [0.3, 0.4) is 0 Å². The Morgan fingerprint density at radius 3 is 2.27 bits per heavy atom. The Kier molecular flexibility index (Phi) is 1.24. The monoisotopic (exact) mass is 154 g/mol. The van der Waals surface area contributed by atoms with Gasteiger partial charge in [-0.05, 0) is 30.6 Å². The fourth-order valence-electron chi connectivity index (χ4n) is 3.02. The van der Waals surface area contributed by atoms with Crippen molar-refractivity contribution in [1.29, 1.82) is 0 Å². The maximum Gasteiger partial charge on any atom is 0.0316 e. The molecule has 4 N–H and O–H groups in total. The first-order valence-electron chi connectivity index (χ1n) is 4.51. The van der Waals surface area contributed by atoms with Crippen LogP contribution in [0.25, 0.3) is 0 Å². The van der Waals surface area contributed by atoms with Gasteiger partial charge in [0, 0.05) is 11.6 Å². The number of fused-ring (bicyclic) bond motifs is 2. The molecule has 2 saturated carbocycles. The summed E-state index contributed by atoms with van der Waals surface area (Å²) in [6, 6.07) is 0.216. The van der Waals surface area contributed by atoms with E-state index in [9.17, 15) is 0 Å². The van der Waals surface area contributed by atoms with Gasteiger partial charge in [0.1, 0.15) is 0 Å². The van der Waals surface area contributed by atoms with E-state index in [2.05, 4.69) is 13.8 Å². The molecule has 0 spiro atoms. The zero-order valence-electron chi connectivity index (χ0n) is 7.43. The van der Waals surface area contributed by atoms with Gasteiger partial charge in [-0.3, -0.25) is 0 Å². The van der Waals surface area contributed by atoms with Crippen LogP contribution >= 0.6 is 0 Å². The van der Waals surface area contributed by atoms with E-state index in [0.29, 0.717) is 0 Å². The molecular weight excluding hydrogens is 136 g/mol. The maximum absolute atomic E-state index is 6.19. The molecule has 64 valence electrons. The highest BCUT2D eigenvalue weighted by Gasteiger charge is 2.58. The van der Waals surface area contributed by atoms with Crippen LogP contribution in [0.15, 0.2) is 0 Å². The largest absolute Gasteiger partial charge is 0.326 e. The van der Waals surface area contributed by atoms with Crippen LogP contribution in [-0.4, -0.2) is 11.6 Å². The molecule has 2 fully saturated rings. The third-order valence-corrected chi connectivity index (χ3v) is 4.06. The molecule has 0 heterocycles. The van der Waals surface area contributed by atoms with Crippen molar-refractivity contribution in [2.75, 3.05) is 0 Å². The molecule has 0 radical (unpaired) electrons. The van der Waals surface area contributed by atoms with Crippen molar-refractivity contribution in [3.05, 3.63) is 0 Å². The van der Waals surface area contributed by atoms with Crippen molar-refractivity contribution in [1.82, 2.24) is 0 Å². The van der Waals surface area contributed by atoms with Crippen LogP contribution in [0, 0.1) is 11.3 Å². The smallest absolute Gasteiger partial charge is 0.0316 e. The summed E-state index contributed by atoms with van der Waals surface area (Å²) in [6.45, 7) is 4.52. The predicted octanol–water partition coefficient (Wildman–Crippen LogP) is 0.851. The average Bonchev–Trinajstić information content (AvgIpc) is 2.36. The SMILES string of the molecule is CC1(C)[C@@H]2CC[C@@](N)(C2)[C@@H]1N. The summed E-state index contributed by atoms with van der Waals surface area (Å²) in [5, 5.41) is 0. The highest BCUT2D eigenvalue weighted by atomic mass is 14.9. The van der Waals surface area contributed by atoms with Gasteiger partial charge in [-0.1, -0.05) is 13.8 Å². The van der Waals surface area contributed by atoms with Crippen LogP contribution in [-0.2, 0) is 0 Å². The van der Waals surface area contributed by atoms with Crippen molar-refractivity contribution < 1.29 is 0 Å². The van der Waals surface area contributed by atoms with Crippen LogP contribution in [0.4, 0.5) is 0 Å². The first kappa shape index (κ1) is 7.56. The topological polar surface area (TPSA) is 52.0 Å². The Hall–Kier alpha value is -0.0800. The minimum atomic E-state index is -0.0197. The molecule has 2 nitrogen and oxygen atoms in total. The van der Waals surface area contributed by atoms with Gasteiger partial charge in [-0.25, -0.2) is 0 Å². The summed E-state index contributed by atoms with van der Waals surface area (Å²) in [4.78, 5) is 0. The second kappa shape index (κ2) is 1.80. The van der Waals surface area contributed by atoms with Crippen molar-refractivity contribution in [3.63, 3.8) is 0 Å². The van der Waals surface area contributed by atoms with Crippen molar-refractivity contribution in [2.24, 2.45) is 22.8 Å². The Bertz CT molecular complexity index is 183. The molecule has 3 atom stereocenters. The Morgan fingerprint density at radius 2 is 2.00 bits per heavy atom. The van der Waals surface area contributed by atoms with E-state index >= 15 is 0 Å². The van der Waals surface area contributed by atoms with E-state index in [0.717, 1.165) is 18.8 Å². The number of hydrogen-bond donors (Lipinski definition) is 2. The second-order valence-corrected chi connectivity index (χ2v) is 4.97. The molecule has 0 unspecified atom stereocenters. The molecule has 2 aliphatic carbocycles. The third kappa shape index (κ3) is 0.744. The second-order valence-electron chi connectivity index (χ2n) is 4.97. The van der Waals surface area contributed by atoms with E-state index < -0.39 is 0 Å². The molecule has 2 heteroatoms. The molecule has 11 heavy (non-hydrogen) atoms. The molecular formula is C9H18N2. The lowest BCUT2D eigenvalue weighted by Crippen LogP contribution is -2.57. The Morgan fingerprint density at radius 1 is 1.36 bits per heavy atom. The number of rotatable bonds is 0. The number of nitrogens with two attached hydrogens (primary N) is 2. The van der Waals surface area contributed by atoms with Gasteiger partial charge >= 0.3 is 0 Å². The minimum absolute atomic E-state index is 0.0197. The van der Waals surface area contributed by atoms with Gasteiger partial charge in [0.05, 0.1) is 0 Å². The van der Waals surface area contributed by atoms with Gasteiger partial charge in [-0.15, -0.1) is 0 Å². The molecule has 0 amide bonds. The van der Waals surface area contributed by atoms with Gasteiger partial charge in [-0.2, -0.15) is 0 Å². The van der Waals surface area contributed by atoms with E-state index in [1.165, 1.54) is 6.42 Å². The van der Waals surface area contributed by atoms with E-state index in [-0.39, 0.29) is 17.0 Å². The third-order valence-electron chi connectivity index (χ3n) is 4.06. The van der Waals surface area contributed by atoms with Gasteiger partial charge in [0.25, 0.3) is 0 Å². The molecule has 0 saturated heterocycles. The van der Waals surface area contributed by atoms with Gasteiger partial charge < -0.3 is 11.5 Å². The van der Waals surface area contributed by atoms with Crippen molar-refractivity contribution >= 4 is 0 Å². The summed E-state index contributed by atoms with van der Waals surface area (Å²) in [5.41, 5.74) is 12.6. The van der Waals surface area contributed by atoms with Crippen LogP contribution < -0.4 is 11.5 Å². The molecule has 0 aromatic carbocycles. The maximum atomic E-state index is 6.19. The van der Waals surface area contributed by atoms with Crippen molar-refractivity contribution in [3.8, 4) is 0 Å². The quantitative estimate of drug-likeness (QED) is 0.543. The summed E-state index contributed by atoms with van der Waals surface area (Å²) in [6.07, 6.45) is 3.58. The fourth-order valence-corrected chi connectivity index (χ4v) is 3.02. The first-order valence-corrected chi connectivity index (χ1v) is 4.51. The standard InChI is InChI=1S/C9H18N2/c1-8(2)6-3-4-9(11,5-6)7(8)10/h6-7H,3-5,10-11H2,1-2H3/t6-,7-,9-/m1/s1. The zero-order valence-corrected chi connectivity index (χ0v) is 7.43. The number of hydrogen-bond acceptors (Lipinski definition) is 2. The Labute approximate surface area is 68.3 Å². The van der Waals surface area contributed by atoms with Crippen LogP contribution in [0.5, 0.6) is 0 Å². The van der Waals surface area contributed by atoms with Crippen LogP contribution in [0.1, 0.15) is 33.1 Å². The van der Waals surface area contributed by atoms with Gasteiger partial charge in [0.15, 0.2) is 0 Å². The normalized spacial score (nSPS) is 53.5. The lowest BCUT2D eigenvalue weighted by molar-refractivity contribution is 0.169. The first-order chi connectivity index (χ1) is 4.97. The van der Waals surface area contributed by atoms with Crippen molar-refractivity contribution in [2.45, 2.75) is 44.7 Å². The zero-order chi connectivity index (χ0) is 8.28.